The fraction of sp³-hybridized carbons (Fsp3) is 0.0667. The van der Waals surface area contributed by atoms with Gasteiger partial charge in [0.25, 0.3) is 5.91 Å². The lowest BCUT2D eigenvalue weighted by molar-refractivity contribution is 0.102. The maximum atomic E-state index is 12.4. The lowest BCUT2D eigenvalue weighted by Crippen LogP contribution is -2.11. The molecule has 1 aromatic carbocycles. The number of hydrogen-bond acceptors (Lipinski definition) is 4. The van der Waals surface area contributed by atoms with E-state index in [1.165, 1.54) is 11.3 Å². The summed E-state index contributed by atoms with van der Waals surface area (Å²) in [5, 5.41) is 5.59. The number of pyridine rings is 1. The first-order valence-electron chi connectivity index (χ1n) is 6.15. The number of nitrogens with one attached hydrogen (secondary N) is 1. The lowest BCUT2D eigenvalue weighted by atomic mass is 10.1. The van der Waals surface area contributed by atoms with Crippen LogP contribution in [0.2, 0.25) is 0 Å². The number of ether oxygens (including phenoxy) is 1. The van der Waals surface area contributed by atoms with Crippen molar-refractivity contribution in [3.05, 3.63) is 52.1 Å². The number of carbonyl (C=O) groups is 1. The Labute approximate surface area is 133 Å². The molecule has 0 unspecified atom stereocenters. The van der Waals surface area contributed by atoms with E-state index in [9.17, 15) is 4.79 Å². The fourth-order valence-corrected chi connectivity index (χ4v) is 3.45. The van der Waals surface area contributed by atoms with E-state index >= 15 is 0 Å². The summed E-state index contributed by atoms with van der Waals surface area (Å²) in [5.41, 5.74) is 1.32. The first-order chi connectivity index (χ1) is 10.2. The second kappa shape index (κ2) is 5.83. The van der Waals surface area contributed by atoms with Crippen LogP contribution in [0.4, 0.5) is 5.69 Å². The summed E-state index contributed by atoms with van der Waals surface area (Å²) in [7, 11) is 1.62. The molecule has 0 aliphatic heterocycles. The van der Waals surface area contributed by atoms with Gasteiger partial charge in [0.1, 0.15) is 5.75 Å². The molecule has 1 amide bonds. The van der Waals surface area contributed by atoms with Crippen molar-refractivity contribution in [3.63, 3.8) is 0 Å². The smallest absolute Gasteiger partial charge is 0.257 e. The molecule has 106 valence electrons. The number of anilines is 1. The van der Waals surface area contributed by atoms with Crippen molar-refractivity contribution in [1.29, 1.82) is 0 Å². The van der Waals surface area contributed by atoms with Gasteiger partial charge in [0.05, 0.1) is 29.0 Å². The van der Waals surface area contributed by atoms with Gasteiger partial charge in [0.2, 0.25) is 0 Å². The first-order valence-corrected chi connectivity index (χ1v) is 7.82. The predicted molar refractivity (Wildman–Crippen MR) is 88.3 cm³/mol. The third-order valence-electron chi connectivity index (χ3n) is 3.01. The Balaban J connectivity index is 1.97. The largest absolute Gasteiger partial charge is 0.496 e. The van der Waals surface area contributed by atoms with Crippen LogP contribution in [-0.2, 0) is 0 Å². The standard InChI is InChI=1S/C15H11BrN2O2S/c1-20-13-6-14-10(5-12(13)16)11(8-21-14)15(19)18-9-3-2-4-17-7-9/h2-8H,1H3,(H,18,19). The second-order valence-corrected chi connectivity index (χ2v) is 6.09. The third-order valence-corrected chi connectivity index (χ3v) is 4.58. The van der Waals surface area contributed by atoms with E-state index in [0.717, 1.165) is 20.3 Å². The molecule has 3 aromatic rings. The fourth-order valence-electron chi connectivity index (χ4n) is 2.00. The zero-order chi connectivity index (χ0) is 14.8. The molecule has 0 saturated carbocycles. The van der Waals surface area contributed by atoms with E-state index in [0.29, 0.717) is 11.3 Å². The maximum Gasteiger partial charge on any atom is 0.257 e. The minimum Gasteiger partial charge on any atom is -0.496 e. The van der Waals surface area contributed by atoms with Crippen molar-refractivity contribution in [3.8, 4) is 5.75 Å². The van der Waals surface area contributed by atoms with Gasteiger partial charge in [0.15, 0.2) is 0 Å². The van der Waals surface area contributed by atoms with Gasteiger partial charge in [-0.15, -0.1) is 11.3 Å². The molecule has 3 rings (SSSR count). The second-order valence-electron chi connectivity index (χ2n) is 4.33. The van der Waals surface area contributed by atoms with Crippen molar-refractivity contribution < 1.29 is 9.53 Å². The van der Waals surface area contributed by atoms with E-state index in [4.69, 9.17) is 4.74 Å². The van der Waals surface area contributed by atoms with Crippen LogP contribution in [0.3, 0.4) is 0 Å². The van der Waals surface area contributed by atoms with Gasteiger partial charge in [-0.1, -0.05) is 0 Å². The van der Waals surface area contributed by atoms with Crippen LogP contribution < -0.4 is 10.1 Å². The topological polar surface area (TPSA) is 51.2 Å². The zero-order valence-corrected chi connectivity index (χ0v) is 13.5. The first kappa shape index (κ1) is 14.0. The Hall–Kier alpha value is -1.92. The summed E-state index contributed by atoms with van der Waals surface area (Å²) >= 11 is 4.96. The highest BCUT2D eigenvalue weighted by Gasteiger charge is 2.14. The number of hydrogen-bond donors (Lipinski definition) is 1. The van der Waals surface area contributed by atoms with Crippen LogP contribution in [0.5, 0.6) is 5.75 Å². The highest BCUT2D eigenvalue weighted by atomic mass is 79.9. The average molecular weight is 363 g/mol. The summed E-state index contributed by atoms with van der Waals surface area (Å²) in [5.74, 6) is 0.606. The quantitative estimate of drug-likeness (QED) is 0.754. The molecule has 0 bridgehead atoms. The number of fused-ring (bicyclic) bond motifs is 1. The number of halogens is 1. The van der Waals surface area contributed by atoms with Crippen LogP contribution in [-0.4, -0.2) is 18.0 Å². The molecule has 0 spiro atoms. The van der Waals surface area contributed by atoms with Crippen LogP contribution in [0.1, 0.15) is 10.4 Å². The van der Waals surface area contributed by atoms with E-state index in [-0.39, 0.29) is 5.91 Å². The molecule has 21 heavy (non-hydrogen) atoms. The molecular weight excluding hydrogens is 352 g/mol. The lowest BCUT2D eigenvalue weighted by Gasteiger charge is -2.05. The van der Waals surface area contributed by atoms with Gasteiger partial charge in [0, 0.05) is 21.7 Å². The Bertz CT molecular complexity index is 802. The highest BCUT2D eigenvalue weighted by molar-refractivity contribution is 9.10. The molecule has 0 aliphatic carbocycles. The van der Waals surface area contributed by atoms with Crippen molar-refractivity contribution in [2.24, 2.45) is 0 Å². The van der Waals surface area contributed by atoms with Crippen molar-refractivity contribution in [2.75, 3.05) is 12.4 Å². The summed E-state index contributed by atoms with van der Waals surface area (Å²) in [4.78, 5) is 16.4. The van der Waals surface area contributed by atoms with E-state index in [1.54, 1.807) is 31.6 Å². The van der Waals surface area contributed by atoms with Gasteiger partial charge in [-0.3, -0.25) is 9.78 Å². The van der Waals surface area contributed by atoms with Crippen LogP contribution in [0.25, 0.3) is 10.1 Å². The SMILES string of the molecule is COc1cc2scc(C(=O)Nc3cccnc3)c2cc1Br. The summed E-state index contributed by atoms with van der Waals surface area (Å²) < 4.78 is 7.10. The van der Waals surface area contributed by atoms with Crippen LogP contribution >= 0.6 is 27.3 Å². The van der Waals surface area contributed by atoms with Gasteiger partial charge < -0.3 is 10.1 Å². The molecule has 1 N–H and O–H groups in total. The molecule has 2 aromatic heterocycles. The normalized spacial score (nSPS) is 10.6. The molecule has 4 nitrogen and oxygen atoms in total. The molecule has 0 atom stereocenters. The minimum absolute atomic E-state index is 0.147. The third kappa shape index (κ3) is 2.77. The summed E-state index contributed by atoms with van der Waals surface area (Å²) in [6.45, 7) is 0. The number of aromatic nitrogens is 1. The molecule has 2 heterocycles. The highest BCUT2D eigenvalue weighted by Crippen LogP contribution is 2.35. The predicted octanol–water partition coefficient (Wildman–Crippen LogP) is 4.32. The monoisotopic (exact) mass is 362 g/mol. The number of benzene rings is 1. The summed E-state index contributed by atoms with van der Waals surface area (Å²) in [6.07, 6.45) is 3.28. The van der Waals surface area contributed by atoms with Gasteiger partial charge in [-0.2, -0.15) is 0 Å². The van der Waals surface area contributed by atoms with Gasteiger partial charge in [-0.25, -0.2) is 0 Å². The molecule has 0 aliphatic rings. The zero-order valence-electron chi connectivity index (χ0n) is 11.1. The molecule has 0 radical (unpaired) electrons. The van der Waals surface area contributed by atoms with Gasteiger partial charge >= 0.3 is 0 Å². The number of thiophene rings is 1. The molecule has 0 fully saturated rings. The van der Waals surface area contributed by atoms with Gasteiger partial charge in [-0.05, 0) is 40.2 Å². The number of rotatable bonds is 3. The molecule has 0 saturated heterocycles. The van der Waals surface area contributed by atoms with E-state index in [2.05, 4.69) is 26.2 Å². The van der Waals surface area contributed by atoms with Crippen LogP contribution in [0.15, 0.2) is 46.5 Å². The number of amides is 1. The number of carbonyl (C=O) groups excluding carboxylic acids is 1. The Morgan fingerprint density at radius 3 is 3.00 bits per heavy atom. The Morgan fingerprint density at radius 1 is 1.43 bits per heavy atom. The van der Waals surface area contributed by atoms with E-state index in [1.807, 2.05) is 17.5 Å². The Morgan fingerprint density at radius 2 is 2.29 bits per heavy atom. The van der Waals surface area contributed by atoms with Crippen molar-refractivity contribution in [1.82, 2.24) is 4.98 Å². The van der Waals surface area contributed by atoms with Crippen molar-refractivity contribution in [2.45, 2.75) is 0 Å². The summed E-state index contributed by atoms with van der Waals surface area (Å²) in [6, 6.07) is 7.41. The number of methoxy groups -OCH3 is 1. The molecule has 6 heteroatoms. The van der Waals surface area contributed by atoms with Crippen molar-refractivity contribution >= 4 is 48.9 Å². The molecular formula is C15H11BrN2O2S. The minimum atomic E-state index is -0.147. The van der Waals surface area contributed by atoms with Crippen LogP contribution in [0, 0.1) is 0 Å². The number of nitrogens with zero attached hydrogens (tertiary/aromatic N) is 1. The average Bonchev–Trinajstić information content (AvgIpc) is 2.90. The maximum absolute atomic E-state index is 12.4. The van der Waals surface area contributed by atoms with E-state index < -0.39 is 0 Å². The Kier molecular flexibility index (Phi) is 3.90.